The fourth-order valence-electron chi connectivity index (χ4n) is 2.44. The molecule has 1 atom stereocenters. The zero-order valence-corrected chi connectivity index (χ0v) is 9.00. The molecule has 2 fully saturated rings. The number of hydrogen-bond donors (Lipinski definition) is 1. The Morgan fingerprint density at radius 1 is 1.07 bits per heavy atom. The number of ether oxygens (including phenoxy) is 1. The highest BCUT2D eigenvalue weighted by molar-refractivity contribution is 4.77. The van der Waals surface area contributed by atoms with Crippen LogP contribution in [0.5, 0.6) is 0 Å². The van der Waals surface area contributed by atoms with E-state index in [0.29, 0.717) is 0 Å². The fraction of sp³-hybridized carbons (Fsp3) is 1.00. The van der Waals surface area contributed by atoms with Gasteiger partial charge in [0.05, 0.1) is 6.61 Å². The molecule has 2 aliphatic rings. The Kier molecular flexibility index (Phi) is 4.22. The van der Waals surface area contributed by atoms with Gasteiger partial charge in [0.25, 0.3) is 0 Å². The molecule has 1 N–H and O–H groups in total. The molecule has 2 saturated heterocycles. The predicted molar refractivity (Wildman–Crippen MR) is 57.5 cm³/mol. The van der Waals surface area contributed by atoms with Crippen LogP contribution in [0.4, 0.5) is 0 Å². The second-order valence-corrected chi connectivity index (χ2v) is 4.36. The molecule has 0 aromatic rings. The molecule has 0 spiro atoms. The largest absolute Gasteiger partial charge is 0.380 e. The van der Waals surface area contributed by atoms with Crippen molar-refractivity contribution in [2.75, 3.05) is 39.4 Å². The lowest BCUT2D eigenvalue weighted by molar-refractivity contribution is 0.130. The van der Waals surface area contributed by atoms with Gasteiger partial charge in [-0.05, 0) is 25.8 Å². The van der Waals surface area contributed by atoms with Gasteiger partial charge in [0.15, 0.2) is 0 Å². The monoisotopic (exact) mass is 198 g/mol. The molecule has 1 unspecified atom stereocenters. The van der Waals surface area contributed by atoms with Crippen LogP contribution >= 0.6 is 0 Å². The zero-order valence-electron chi connectivity index (χ0n) is 9.00. The van der Waals surface area contributed by atoms with E-state index < -0.39 is 0 Å². The minimum atomic E-state index is 0.763. The second kappa shape index (κ2) is 5.69. The molecule has 2 heterocycles. The third-order valence-electron chi connectivity index (χ3n) is 3.29. The van der Waals surface area contributed by atoms with Crippen LogP contribution in [-0.4, -0.2) is 50.3 Å². The fourth-order valence-corrected chi connectivity index (χ4v) is 2.44. The van der Waals surface area contributed by atoms with Crippen molar-refractivity contribution in [3.05, 3.63) is 0 Å². The number of rotatable bonds is 1. The Bertz CT molecular complexity index is 129. The van der Waals surface area contributed by atoms with E-state index in [2.05, 4.69) is 10.2 Å². The van der Waals surface area contributed by atoms with Gasteiger partial charge in [0, 0.05) is 32.3 Å². The number of nitrogens with zero attached hydrogens (tertiary/aromatic N) is 1. The lowest BCUT2D eigenvalue weighted by atomic mass is 10.1. The van der Waals surface area contributed by atoms with Crippen LogP contribution in [0.1, 0.15) is 25.7 Å². The highest BCUT2D eigenvalue weighted by Gasteiger charge is 2.20. The maximum Gasteiger partial charge on any atom is 0.0593 e. The van der Waals surface area contributed by atoms with Gasteiger partial charge in [-0.3, -0.25) is 4.90 Å². The third-order valence-corrected chi connectivity index (χ3v) is 3.29. The summed E-state index contributed by atoms with van der Waals surface area (Å²) in [5.41, 5.74) is 0. The molecule has 2 aliphatic heterocycles. The molecule has 0 radical (unpaired) electrons. The molecule has 2 rings (SSSR count). The summed E-state index contributed by atoms with van der Waals surface area (Å²) in [6.07, 6.45) is 5.30. The second-order valence-electron chi connectivity index (χ2n) is 4.36. The predicted octanol–water partition coefficient (Wildman–Crippen LogP) is 0.851. The summed E-state index contributed by atoms with van der Waals surface area (Å²) in [6, 6.07) is 0.763. The minimum Gasteiger partial charge on any atom is -0.380 e. The number of hydrogen-bond acceptors (Lipinski definition) is 3. The molecule has 0 aromatic heterocycles. The van der Waals surface area contributed by atoms with Gasteiger partial charge in [-0.25, -0.2) is 0 Å². The summed E-state index contributed by atoms with van der Waals surface area (Å²) in [5.74, 6) is 0. The molecular formula is C11H22N2O. The zero-order chi connectivity index (χ0) is 9.64. The van der Waals surface area contributed by atoms with Crippen molar-refractivity contribution < 1.29 is 4.74 Å². The van der Waals surface area contributed by atoms with E-state index in [1.807, 2.05) is 0 Å². The van der Waals surface area contributed by atoms with Gasteiger partial charge in [-0.1, -0.05) is 6.42 Å². The SMILES string of the molecule is C1CCC(N2CCCOCC2)CNC1. The Morgan fingerprint density at radius 3 is 3.07 bits per heavy atom. The summed E-state index contributed by atoms with van der Waals surface area (Å²) < 4.78 is 5.48. The standard InChI is InChI=1S/C11H22N2O/c1-2-5-12-10-11(4-1)13-6-3-8-14-9-7-13/h11-12H,1-10H2. The Hall–Kier alpha value is -0.120. The molecule has 0 aliphatic carbocycles. The van der Waals surface area contributed by atoms with Crippen molar-refractivity contribution in [3.8, 4) is 0 Å². The van der Waals surface area contributed by atoms with E-state index in [9.17, 15) is 0 Å². The van der Waals surface area contributed by atoms with Crippen molar-refractivity contribution in [1.82, 2.24) is 10.2 Å². The summed E-state index contributed by atoms with van der Waals surface area (Å²) in [7, 11) is 0. The van der Waals surface area contributed by atoms with Crippen LogP contribution in [0, 0.1) is 0 Å². The average molecular weight is 198 g/mol. The third kappa shape index (κ3) is 2.94. The Balaban J connectivity index is 1.83. The van der Waals surface area contributed by atoms with E-state index in [0.717, 1.165) is 25.8 Å². The van der Waals surface area contributed by atoms with Crippen LogP contribution < -0.4 is 5.32 Å². The molecule has 0 bridgehead atoms. The van der Waals surface area contributed by atoms with Crippen molar-refractivity contribution in [1.29, 1.82) is 0 Å². The Labute approximate surface area is 86.8 Å². The first-order chi connectivity index (χ1) is 6.97. The lowest BCUT2D eigenvalue weighted by Gasteiger charge is -2.29. The van der Waals surface area contributed by atoms with Crippen LogP contribution in [-0.2, 0) is 4.74 Å². The van der Waals surface area contributed by atoms with Crippen molar-refractivity contribution >= 4 is 0 Å². The van der Waals surface area contributed by atoms with Crippen molar-refractivity contribution in [2.24, 2.45) is 0 Å². The van der Waals surface area contributed by atoms with E-state index in [4.69, 9.17) is 4.74 Å². The summed E-state index contributed by atoms with van der Waals surface area (Å²) in [5, 5.41) is 3.53. The first-order valence-corrected chi connectivity index (χ1v) is 5.99. The van der Waals surface area contributed by atoms with Crippen molar-refractivity contribution in [3.63, 3.8) is 0 Å². The quantitative estimate of drug-likeness (QED) is 0.676. The van der Waals surface area contributed by atoms with Crippen molar-refractivity contribution in [2.45, 2.75) is 31.7 Å². The highest BCUT2D eigenvalue weighted by atomic mass is 16.5. The summed E-state index contributed by atoms with van der Waals surface area (Å²) in [6.45, 7) is 6.63. The summed E-state index contributed by atoms with van der Waals surface area (Å²) in [4.78, 5) is 2.62. The summed E-state index contributed by atoms with van der Waals surface area (Å²) >= 11 is 0. The average Bonchev–Trinajstić information content (AvgIpc) is 2.62. The molecule has 0 aromatic carbocycles. The van der Waals surface area contributed by atoms with E-state index in [-0.39, 0.29) is 0 Å². The Morgan fingerprint density at radius 2 is 2.07 bits per heavy atom. The van der Waals surface area contributed by atoms with Gasteiger partial charge in [0.1, 0.15) is 0 Å². The molecule has 0 amide bonds. The smallest absolute Gasteiger partial charge is 0.0593 e. The molecule has 3 heteroatoms. The van der Waals surface area contributed by atoms with Gasteiger partial charge >= 0.3 is 0 Å². The van der Waals surface area contributed by atoms with Crippen LogP contribution in [0.2, 0.25) is 0 Å². The van der Waals surface area contributed by atoms with Crippen LogP contribution in [0.25, 0.3) is 0 Å². The van der Waals surface area contributed by atoms with E-state index in [1.54, 1.807) is 0 Å². The van der Waals surface area contributed by atoms with E-state index >= 15 is 0 Å². The minimum absolute atomic E-state index is 0.763. The highest BCUT2D eigenvalue weighted by Crippen LogP contribution is 2.13. The van der Waals surface area contributed by atoms with Gasteiger partial charge in [-0.2, -0.15) is 0 Å². The first kappa shape index (κ1) is 10.4. The molecule has 82 valence electrons. The maximum atomic E-state index is 5.48. The topological polar surface area (TPSA) is 24.5 Å². The lowest BCUT2D eigenvalue weighted by Crippen LogP contribution is -2.42. The van der Waals surface area contributed by atoms with Gasteiger partial charge in [-0.15, -0.1) is 0 Å². The van der Waals surface area contributed by atoms with Gasteiger partial charge < -0.3 is 10.1 Å². The first-order valence-electron chi connectivity index (χ1n) is 5.99. The van der Waals surface area contributed by atoms with Gasteiger partial charge in [0.2, 0.25) is 0 Å². The molecule has 3 nitrogen and oxygen atoms in total. The molecular weight excluding hydrogens is 176 g/mol. The molecule has 0 saturated carbocycles. The normalized spacial score (nSPS) is 32.1. The van der Waals surface area contributed by atoms with E-state index in [1.165, 1.54) is 45.3 Å². The van der Waals surface area contributed by atoms with Crippen LogP contribution in [0.15, 0.2) is 0 Å². The maximum absolute atomic E-state index is 5.48. The van der Waals surface area contributed by atoms with Crippen LogP contribution in [0.3, 0.4) is 0 Å². The number of nitrogens with one attached hydrogen (secondary N) is 1. The molecule has 14 heavy (non-hydrogen) atoms.